The van der Waals surface area contributed by atoms with Crippen molar-refractivity contribution in [3.05, 3.63) is 93.4 Å². The number of esters is 1. The van der Waals surface area contributed by atoms with Gasteiger partial charge in [0.1, 0.15) is 5.82 Å². The van der Waals surface area contributed by atoms with Crippen molar-refractivity contribution in [2.75, 3.05) is 6.61 Å². The van der Waals surface area contributed by atoms with Crippen LogP contribution in [-0.4, -0.2) is 33.2 Å². The lowest BCUT2D eigenvalue weighted by Crippen LogP contribution is -2.27. The molecule has 1 aromatic heterocycles. The molecule has 1 saturated heterocycles. The summed E-state index contributed by atoms with van der Waals surface area (Å²) < 4.78 is 21.0. The number of ether oxygens (including phenoxy) is 1. The Morgan fingerprint density at radius 2 is 1.79 bits per heavy atom. The Balaban J connectivity index is 1.59. The van der Waals surface area contributed by atoms with Gasteiger partial charge < -0.3 is 9.30 Å². The number of imide groups is 1. The predicted octanol–water partition coefficient (Wildman–Crippen LogP) is 5.65. The number of aryl methyl sites for hydroxylation is 1. The fourth-order valence-corrected chi connectivity index (χ4v) is 4.70. The van der Waals surface area contributed by atoms with E-state index in [0.29, 0.717) is 17.1 Å². The van der Waals surface area contributed by atoms with Crippen LogP contribution in [0.1, 0.15) is 39.8 Å². The number of nitrogens with zero attached hydrogens (tertiary/aromatic N) is 2. The molecule has 0 aliphatic carbocycles. The van der Waals surface area contributed by atoms with Crippen LogP contribution in [0.2, 0.25) is 0 Å². The molecule has 1 fully saturated rings. The molecular formula is C26H23FN2O4S. The highest BCUT2D eigenvalue weighted by atomic mass is 32.2. The van der Waals surface area contributed by atoms with Gasteiger partial charge in [0.15, 0.2) is 0 Å². The molecule has 34 heavy (non-hydrogen) atoms. The van der Waals surface area contributed by atoms with Crippen LogP contribution in [0, 0.1) is 19.7 Å². The van der Waals surface area contributed by atoms with Crippen LogP contribution in [0.5, 0.6) is 0 Å². The maximum atomic E-state index is 14.0. The smallest absolute Gasteiger partial charge is 0.338 e. The minimum Gasteiger partial charge on any atom is -0.462 e. The maximum absolute atomic E-state index is 14.0. The third-order valence-corrected chi connectivity index (χ3v) is 6.46. The van der Waals surface area contributed by atoms with E-state index in [1.807, 2.05) is 36.6 Å². The van der Waals surface area contributed by atoms with E-state index in [-0.39, 0.29) is 18.1 Å². The first kappa shape index (κ1) is 23.5. The molecule has 2 heterocycles. The number of thioether (sulfide) groups is 1. The molecule has 0 spiro atoms. The van der Waals surface area contributed by atoms with Gasteiger partial charge in [0.05, 0.1) is 23.6 Å². The van der Waals surface area contributed by atoms with Crippen LogP contribution >= 0.6 is 11.8 Å². The van der Waals surface area contributed by atoms with Crippen molar-refractivity contribution in [3.63, 3.8) is 0 Å². The number of amides is 2. The molecule has 174 valence electrons. The van der Waals surface area contributed by atoms with Crippen LogP contribution in [0.25, 0.3) is 11.8 Å². The zero-order chi connectivity index (χ0) is 24.4. The molecule has 0 bridgehead atoms. The summed E-state index contributed by atoms with van der Waals surface area (Å²) in [5.41, 5.74) is 4.21. The van der Waals surface area contributed by atoms with Gasteiger partial charge in [-0.05, 0) is 80.6 Å². The Morgan fingerprint density at radius 1 is 1.09 bits per heavy atom. The summed E-state index contributed by atoms with van der Waals surface area (Å²) in [7, 11) is 0. The maximum Gasteiger partial charge on any atom is 0.338 e. The van der Waals surface area contributed by atoms with Crippen molar-refractivity contribution >= 4 is 35.0 Å². The summed E-state index contributed by atoms with van der Waals surface area (Å²) in [5, 5.41) is -0.428. The number of carbonyl (C=O) groups excluding carboxylic acids is 3. The first-order chi connectivity index (χ1) is 16.3. The van der Waals surface area contributed by atoms with E-state index in [0.717, 1.165) is 39.3 Å². The molecule has 0 unspecified atom stereocenters. The number of hydrogen-bond donors (Lipinski definition) is 0. The number of benzene rings is 2. The van der Waals surface area contributed by atoms with Gasteiger partial charge in [0.25, 0.3) is 11.1 Å². The van der Waals surface area contributed by atoms with E-state index in [1.54, 1.807) is 43.3 Å². The Labute approximate surface area is 201 Å². The lowest BCUT2D eigenvalue weighted by atomic mass is 10.2. The highest BCUT2D eigenvalue weighted by Crippen LogP contribution is 2.35. The normalized spacial score (nSPS) is 14.8. The summed E-state index contributed by atoms with van der Waals surface area (Å²) >= 11 is 0.847. The Bertz CT molecular complexity index is 1310. The van der Waals surface area contributed by atoms with Crippen LogP contribution < -0.4 is 0 Å². The third-order valence-electron chi connectivity index (χ3n) is 5.55. The van der Waals surface area contributed by atoms with Crippen LogP contribution in [0.3, 0.4) is 0 Å². The monoisotopic (exact) mass is 478 g/mol. The first-order valence-electron chi connectivity index (χ1n) is 10.8. The molecule has 6 nitrogen and oxygen atoms in total. The molecule has 1 aliphatic heterocycles. The molecule has 0 N–H and O–H groups in total. The number of aromatic nitrogens is 1. The second-order valence-corrected chi connectivity index (χ2v) is 8.78. The molecule has 0 saturated carbocycles. The van der Waals surface area contributed by atoms with Gasteiger partial charge in [-0.3, -0.25) is 14.5 Å². The number of carbonyl (C=O) groups is 3. The molecule has 8 heteroatoms. The number of hydrogen-bond acceptors (Lipinski definition) is 5. The molecule has 0 atom stereocenters. The van der Waals surface area contributed by atoms with Crippen LogP contribution in [-0.2, 0) is 16.1 Å². The molecular weight excluding hydrogens is 455 g/mol. The van der Waals surface area contributed by atoms with E-state index in [9.17, 15) is 18.8 Å². The molecule has 3 aromatic rings. The first-order valence-corrected chi connectivity index (χ1v) is 11.6. The van der Waals surface area contributed by atoms with E-state index < -0.39 is 17.0 Å². The minimum atomic E-state index is -0.456. The van der Waals surface area contributed by atoms with Crippen molar-refractivity contribution in [2.24, 2.45) is 0 Å². The minimum absolute atomic E-state index is 0.111. The average Bonchev–Trinajstić information content (AvgIpc) is 3.24. The van der Waals surface area contributed by atoms with E-state index in [1.165, 1.54) is 6.07 Å². The summed E-state index contributed by atoms with van der Waals surface area (Å²) in [5.74, 6) is -1.27. The van der Waals surface area contributed by atoms with Gasteiger partial charge in [-0.25, -0.2) is 9.18 Å². The standard InChI is InChI=1S/C26H23FN2O4S/c1-4-33-25(31)18-9-11-21(12-10-18)29-16(2)13-20(17(29)3)14-23-24(30)28(26(32)34-23)15-19-7-5-6-8-22(19)27/h5-14H,4,15H2,1-3H3/b23-14-. The zero-order valence-electron chi connectivity index (χ0n) is 19.0. The molecule has 1 aliphatic rings. The highest BCUT2D eigenvalue weighted by Gasteiger charge is 2.35. The van der Waals surface area contributed by atoms with Gasteiger partial charge in [-0.15, -0.1) is 0 Å². The van der Waals surface area contributed by atoms with E-state index >= 15 is 0 Å². The summed E-state index contributed by atoms with van der Waals surface area (Å²) in [6.45, 7) is 5.82. The largest absolute Gasteiger partial charge is 0.462 e. The second-order valence-electron chi connectivity index (χ2n) is 7.79. The molecule has 4 rings (SSSR count). The van der Waals surface area contributed by atoms with Crippen molar-refractivity contribution in [1.82, 2.24) is 9.47 Å². The van der Waals surface area contributed by atoms with E-state index in [2.05, 4.69) is 0 Å². The summed E-state index contributed by atoms with van der Waals surface area (Å²) in [4.78, 5) is 38.6. The van der Waals surface area contributed by atoms with Crippen molar-refractivity contribution in [1.29, 1.82) is 0 Å². The van der Waals surface area contributed by atoms with Gasteiger partial charge in [-0.1, -0.05) is 18.2 Å². The lowest BCUT2D eigenvalue weighted by molar-refractivity contribution is -0.123. The van der Waals surface area contributed by atoms with Crippen LogP contribution in [0.4, 0.5) is 9.18 Å². The Kier molecular flexibility index (Phi) is 6.70. The Hall–Kier alpha value is -3.65. The fourth-order valence-electron chi connectivity index (χ4n) is 3.87. The SMILES string of the molecule is CCOC(=O)c1ccc(-n2c(C)cc(/C=C3\SC(=O)N(Cc4ccccc4F)C3=O)c2C)cc1. The topological polar surface area (TPSA) is 68.6 Å². The number of halogens is 1. The molecule has 2 aromatic carbocycles. The van der Waals surface area contributed by atoms with Crippen molar-refractivity contribution < 1.29 is 23.5 Å². The third kappa shape index (κ3) is 4.54. The lowest BCUT2D eigenvalue weighted by Gasteiger charge is -2.12. The van der Waals surface area contributed by atoms with Gasteiger partial charge >= 0.3 is 5.97 Å². The zero-order valence-corrected chi connectivity index (χ0v) is 19.8. The van der Waals surface area contributed by atoms with Crippen molar-refractivity contribution in [2.45, 2.75) is 27.3 Å². The van der Waals surface area contributed by atoms with Gasteiger partial charge in [0.2, 0.25) is 0 Å². The van der Waals surface area contributed by atoms with Crippen LogP contribution in [0.15, 0.2) is 59.5 Å². The molecule has 0 radical (unpaired) electrons. The fraction of sp³-hybridized carbons (Fsp3) is 0.192. The average molecular weight is 479 g/mol. The van der Waals surface area contributed by atoms with Gasteiger partial charge in [0, 0.05) is 22.6 Å². The van der Waals surface area contributed by atoms with Gasteiger partial charge in [-0.2, -0.15) is 0 Å². The number of rotatable bonds is 6. The quantitative estimate of drug-likeness (QED) is 0.338. The highest BCUT2D eigenvalue weighted by molar-refractivity contribution is 8.18. The Morgan fingerprint density at radius 3 is 2.47 bits per heavy atom. The predicted molar refractivity (Wildman–Crippen MR) is 129 cm³/mol. The second kappa shape index (κ2) is 9.69. The summed E-state index contributed by atoms with van der Waals surface area (Å²) in [6.07, 6.45) is 1.69. The van der Waals surface area contributed by atoms with E-state index in [4.69, 9.17) is 4.74 Å². The van der Waals surface area contributed by atoms with Crippen molar-refractivity contribution in [3.8, 4) is 5.69 Å². The summed E-state index contributed by atoms with van der Waals surface area (Å²) in [6, 6.07) is 15.1. The molecule has 2 amide bonds.